The summed E-state index contributed by atoms with van der Waals surface area (Å²) in [5.41, 5.74) is -2.82. The molecule has 0 aromatic heterocycles. The first-order valence-corrected chi connectivity index (χ1v) is 16.1. The highest BCUT2D eigenvalue weighted by atomic mass is 16.7. The third kappa shape index (κ3) is 5.33. The van der Waals surface area contributed by atoms with Gasteiger partial charge in [0.05, 0.1) is 30.7 Å². The van der Waals surface area contributed by atoms with Crippen molar-refractivity contribution in [1.29, 1.82) is 0 Å². The molecule has 6 rings (SSSR count). The normalized spacial score (nSPS) is 54.8. The zero-order chi connectivity index (χ0) is 32.7. The fourth-order valence-corrected chi connectivity index (χ4v) is 10.3. The molecule has 6 unspecified atom stereocenters. The van der Waals surface area contributed by atoms with Gasteiger partial charge in [0.2, 0.25) is 6.29 Å². The Kier molecular flexibility index (Phi) is 8.62. The van der Waals surface area contributed by atoms with Crippen LogP contribution in [0.15, 0.2) is 0 Å². The van der Waals surface area contributed by atoms with Crippen molar-refractivity contribution in [3.05, 3.63) is 0 Å². The Morgan fingerprint density at radius 1 is 0.933 bits per heavy atom. The van der Waals surface area contributed by atoms with E-state index >= 15 is 0 Å². The molecule has 256 valence electrons. The SMILES string of the molecule is C[C@]12C[C@@H](O)CC3(CCC4[C@@](C)(CCC[C@@]4(C)C(=O)O[C@@H]4OC(CO)[C@@H](O[C@@H]5OC[C@H](O)[C@H](O)C5O)[C@H](O)C4O)C3C(=O)O1)C2. The molecule has 0 aromatic rings. The average molecular weight is 645 g/mol. The lowest BCUT2D eigenvalue weighted by atomic mass is 9.39. The molecule has 14 heteroatoms. The summed E-state index contributed by atoms with van der Waals surface area (Å²) in [6.45, 7) is 4.64. The van der Waals surface area contributed by atoms with Gasteiger partial charge in [-0.05, 0) is 69.1 Å². The number of ether oxygens (including phenoxy) is 5. The van der Waals surface area contributed by atoms with Crippen LogP contribution < -0.4 is 0 Å². The number of rotatable bonds is 5. The highest BCUT2D eigenvalue weighted by Gasteiger charge is 2.70. The molecule has 7 N–H and O–H groups in total. The summed E-state index contributed by atoms with van der Waals surface area (Å²) < 4.78 is 28.3. The molecule has 6 aliphatic rings. The molecule has 6 fully saturated rings. The predicted octanol–water partition coefficient (Wildman–Crippen LogP) is -1.14. The number of aliphatic hydroxyl groups is 7. The van der Waals surface area contributed by atoms with Gasteiger partial charge in [-0.3, -0.25) is 9.59 Å². The second-order valence-electron chi connectivity index (χ2n) is 15.2. The first-order valence-electron chi connectivity index (χ1n) is 16.1. The van der Waals surface area contributed by atoms with Crippen LogP contribution >= 0.6 is 0 Å². The molecule has 3 saturated heterocycles. The van der Waals surface area contributed by atoms with Crippen LogP contribution in [0.5, 0.6) is 0 Å². The molecule has 2 bridgehead atoms. The Morgan fingerprint density at radius 3 is 2.36 bits per heavy atom. The maximum atomic E-state index is 14.0. The summed E-state index contributed by atoms with van der Waals surface area (Å²) >= 11 is 0. The van der Waals surface area contributed by atoms with E-state index in [-0.39, 0.29) is 18.5 Å². The second-order valence-corrected chi connectivity index (χ2v) is 15.2. The van der Waals surface area contributed by atoms with Gasteiger partial charge in [0.1, 0.15) is 48.3 Å². The quantitative estimate of drug-likeness (QED) is 0.176. The van der Waals surface area contributed by atoms with Gasteiger partial charge < -0.3 is 59.4 Å². The first kappa shape index (κ1) is 33.4. The van der Waals surface area contributed by atoms with Gasteiger partial charge in [0.15, 0.2) is 6.29 Å². The van der Waals surface area contributed by atoms with E-state index in [1.165, 1.54) is 0 Å². The number of esters is 2. The minimum Gasteiger partial charge on any atom is -0.459 e. The molecule has 16 atom stereocenters. The Hall–Kier alpha value is -1.46. The molecule has 0 aromatic carbocycles. The van der Waals surface area contributed by atoms with Crippen molar-refractivity contribution in [3.8, 4) is 0 Å². The van der Waals surface area contributed by atoms with Crippen LogP contribution in [0.4, 0.5) is 0 Å². The van der Waals surface area contributed by atoms with Crippen molar-refractivity contribution >= 4 is 11.9 Å². The molecule has 3 aliphatic heterocycles. The third-order valence-corrected chi connectivity index (χ3v) is 12.1. The highest BCUT2D eigenvalue weighted by molar-refractivity contribution is 5.80. The summed E-state index contributed by atoms with van der Waals surface area (Å²) in [4.78, 5) is 27.7. The molecule has 1 spiro atoms. The van der Waals surface area contributed by atoms with Crippen LogP contribution in [0.25, 0.3) is 0 Å². The van der Waals surface area contributed by atoms with Crippen LogP contribution in [-0.4, -0.2) is 128 Å². The minimum absolute atomic E-state index is 0.277. The van der Waals surface area contributed by atoms with E-state index in [1.807, 2.05) is 13.8 Å². The van der Waals surface area contributed by atoms with Crippen molar-refractivity contribution in [2.24, 2.45) is 28.1 Å². The predicted molar refractivity (Wildman–Crippen MR) is 150 cm³/mol. The lowest BCUT2D eigenvalue weighted by Gasteiger charge is -2.66. The van der Waals surface area contributed by atoms with E-state index in [1.54, 1.807) is 6.92 Å². The Bertz CT molecular complexity index is 1150. The maximum Gasteiger partial charge on any atom is 0.314 e. The fourth-order valence-electron chi connectivity index (χ4n) is 10.3. The summed E-state index contributed by atoms with van der Waals surface area (Å²) in [7, 11) is 0. The summed E-state index contributed by atoms with van der Waals surface area (Å²) in [6.07, 6.45) is -10.0. The Labute approximate surface area is 261 Å². The van der Waals surface area contributed by atoms with Gasteiger partial charge in [-0.15, -0.1) is 0 Å². The molecular formula is C31H48O14. The third-order valence-electron chi connectivity index (χ3n) is 12.1. The van der Waals surface area contributed by atoms with Gasteiger partial charge in [0.25, 0.3) is 0 Å². The number of carbonyl (C=O) groups is 2. The van der Waals surface area contributed by atoms with E-state index in [0.29, 0.717) is 51.4 Å². The second kappa shape index (κ2) is 11.6. The van der Waals surface area contributed by atoms with Crippen LogP contribution in [0.1, 0.15) is 72.1 Å². The van der Waals surface area contributed by atoms with Crippen LogP contribution in [0.2, 0.25) is 0 Å². The summed E-state index contributed by atoms with van der Waals surface area (Å²) in [5, 5.41) is 72.7. The molecule has 3 aliphatic carbocycles. The van der Waals surface area contributed by atoms with Crippen molar-refractivity contribution in [1.82, 2.24) is 0 Å². The van der Waals surface area contributed by atoms with E-state index in [9.17, 15) is 45.3 Å². The number of hydrogen-bond donors (Lipinski definition) is 7. The Balaban J connectivity index is 1.18. The van der Waals surface area contributed by atoms with E-state index in [4.69, 9.17) is 23.7 Å². The lowest BCUT2D eigenvalue weighted by Crippen LogP contribution is -2.67. The first-order chi connectivity index (χ1) is 21.1. The van der Waals surface area contributed by atoms with E-state index in [2.05, 4.69) is 0 Å². The lowest BCUT2D eigenvalue weighted by molar-refractivity contribution is -0.345. The van der Waals surface area contributed by atoms with Gasteiger partial charge in [-0.25, -0.2) is 0 Å². The number of aliphatic hydroxyl groups excluding tert-OH is 7. The summed E-state index contributed by atoms with van der Waals surface area (Å²) in [6, 6.07) is 0. The van der Waals surface area contributed by atoms with Gasteiger partial charge >= 0.3 is 11.9 Å². The van der Waals surface area contributed by atoms with Crippen molar-refractivity contribution in [2.75, 3.05) is 13.2 Å². The maximum absolute atomic E-state index is 14.0. The highest BCUT2D eigenvalue weighted by Crippen LogP contribution is 2.70. The van der Waals surface area contributed by atoms with Gasteiger partial charge in [0, 0.05) is 6.42 Å². The minimum atomic E-state index is -1.80. The monoisotopic (exact) mass is 644 g/mol. The van der Waals surface area contributed by atoms with Gasteiger partial charge in [-0.2, -0.15) is 0 Å². The molecule has 3 heterocycles. The largest absolute Gasteiger partial charge is 0.459 e. The molecule has 45 heavy (non-hydrogen) atoms. The van der Waals surface area contributed by atoms with E-state index < -0.39 is 102 Å². The molecule has 3 saturated carbocycles. The Morgan fingerprint density at radius 2 is 1.64 bits per heavy atom. The molecule has 0 amide bonds. The number of hydrogen-bond acceptors (Lipinski definition) is 14. The molecule has 0 radical (unpaired) electrons. The smallest absolute Gasteiger partial charge is 0.314 e. The van der Waals surface area contributed by atoms with Gasteiger partial charge in [-0.1, -0.05) is 13.3 Å². The zero-order valence-electron chi connectivity index (χ0n) is 26.0. The van der Waals surface area contributed by atoms with Crippen LogP contribution in [0, 0.1) is 28.1 Å². The fraction of sp³-hybridized carbons (Fsp3) is 0.935. The molecule has 14 nitrogen and oxygen atoms in total. The van der Waals surface area contributed by atoms with Crippen molar-refractivity contribution < 1.29 is 69.0 Å². The van der Waals surface area contributed by atoms with Crippen molar-refractivity contribution in [3.63, 3.8) is 0 Å². The number of fused-ring (bicyclic) bond motifs is 3. The van der Waals surface area contributed by atoms with Crippen LogP contribution in [0.3, 0.4) is 0 Å². The summed E-state index contributed by atoms with van der Waals surface area (Å²) in [5.74, 6) is -1.71. The topological polar surface area (TPSA) is 222 Å². The molecular weight excluding hydrogens is 596 g/mol. The standard InChI is InChI=1S/C31H48O14/c1-28-9-14(33)10-31(13-28)8-5-17-29(2,23(31)24(39)45-28)6-4-7-30(17,3)27(40)44-26-21(38)19(36)22(16(11-32)42-26)43-25-20(37)18(35)15(34)12-41-25/h14-23,25-26,32-38H,4-13H2,1-3H3/t14-,15+,16?,17?,18+,19-,20?,21?,22-,23?,25+,26+,28-,29-,30-,31?/m1/s1. The van der Waals surface area contributed by atoms with Crippen molar-refractivity contribution in [2.45, 2.75) is 139 Å². The number of carbonyl (C=O) groups excluding carboxylic acids is 2. The zero-order valence-corrected chi connectivity index (χ0v) is 26.0. The van der Waals surface area contributed by atoms with Crippen LogP contribution in [-0.2, 0) is 33.3 Å². The van der Waals surface area contributed by atoms with E-state index in [0.717, 1.165) is 0 Å². The average Bonchev–Trinajstić information content (AvgIpc) is 2.95.